The van der Waals surface area contributed by atoms with Gasteiger partial charge in [-0.05, 0) is 0 Å². The van der Waals surface area contributed by atoms with Crippen LogP contribution in [0.5, 0.6) is 0 Å². The third kappa shape index (κ3) is 3.40. The van der Waals surface area contributed by atoms with Gasteiger partial charge in [0.1, 0.15) is 0 Å². The summed E-state index contributed by atoms with van der Waals surface area (Å²) >= 11 is 2.74. The van der Waals surface area contributed by atoms with Crippen LogP contribution in [0.2, 0.25) is 0 Å². The molecule has 0 unspecified atom stereocenters. The standard InChI is InChI=1S/C7H8Se.BrH.Mg/c1-6-2-4-7(8)5-3-6;;/h2-5,8H,1H3;1H;/q;;+2/p-2. The largest absolute Gasteiger partial charge is 1.00 e. The van der Waals surface area contributed by atoms with E-state index in [1.807, 2.05) is 0 Å². The van der Waals surface area contributed by atoms with Crippen molar-refractivity contribution in [3.63, 3.8) is 0 Å². The molecule has 0 radical (unpaired) electrons. The van der Waals surface area contributed by atoms with Crippen LogP contribution < -0.4 is 21.4 Å². The molecule has 0 saturated heterocycles. The van der Waals surface area contributed by atoms with Crippen LogP contribution in [0, 0.1) is 6.92 Å². The number of aryl methyl sites for hydroxylation is 1. The third-order valence-corrected chi connectivity index (χ3v) is 4.19. The van der Waals surface area contributed by atoms with Crippen molar-refractivity contribution < 1.29 is 17.0 Å². The topological polar surface area (TPSA) is 0 Å². The smallest absolute Gasteiger partial charge is 1.00 e. The molecule has 0 aliphatic rings. The zero-order chi connectivity index (χ0) is 6.69. The van der Waals surface area contributed by atoms with Gasteiger partial charge in [-0.1, -0.05) is 0 Å². The maximum atomic E-state index is 2.21. The van der Waals surface area contributed by atoms with Crippen molar-refractivity contribution in [1.29, 1.82) is 0 Å². The quantitative estimate of drug-likeness (QED) is 0.493. The SMILES string of the molecule is Cc1ccc([Se][Mg+])cc1.[Br-]. The minimum Gasteiger partial charge on any atom is -1.00 e. The van der Waals surface area contributed by atoms with E-state index in [4.69, 9.17) is 0 Å². The van der Waals surface area contributed by atoms with E-state index >= 15 is 0 Å². The van der Waals surface area contributed by atoms with Crippen LogP contribution >= 0.6 is 0 Å². The maximum Gasteiger partial charge on any atom is -1.00 e. The molecule has 1 rings (SSSR count). The van der Waals surface area contributed by atoms with E-state index in [1.54, 1.807) is 0 Å². The number of halogens is 1. The normalized spacial score (nSPS) is 8.70. The van der Waals surface area contributed by atoms with Crippen LogP contribution in [0.25, 0.3) is 0 Å². The Kier molecular flexibility index (Phi) is 6.17. The monoisotopic (exact) mass is 274 g/mol. The van der Waals surface area contributed by atoms with Gasteiger partial charge >= 0.3 is 72.6 Å². The molecular formula is C7H7BrMgSe. The fourth-order valence-electron chi connectivity index (χ4n) is 0.634. The molecule has 0 aliphatic carbocycles. The molecule has 3 heteroatoms. The van der Waals surface area contributed by atoms with Gasteiger partial charge in [-0.2, -0.15) is 0 Å². The molecule has 0 aromatic heterocycles. The molecule has 0 amide bonds. The van der Waals surface area contributed by atoms with Gasteiger partial charge < -0.3 is 17.0 Å². The minimum atomic E-state index is 0. The molecule has 0 saturated carbocycles. The Balaban J connectivity index is 0.000000810. The van der Waals surface area contributed by atoms with Crippen LogP contribution in [0.1, 0.15) is 5.56 Å². The van der Waals surface area contributed by atoms with Crippen LogP contribution in [-0.4, -0.2) is 31.4 Å². The molecule has 0 N–H and O–H groups in total. The van der Waals surface area contributed by atoms with Crippen LogP contribution in [0.4, 0.5) is 0 Å². The van der Waals surface area contributed by atoms with E-state index in [0.29, 0.717) is 11.9 Å². The van der Waals surface area contributed by atoms with E-state index in [0.717, 1.165) is 0 Å². The van der Waals surface area contributed by atoms with Gasteiger partial charge in [0, 0.05) is 0 Å². The van der Waals surface area contributed by atoms with E-state index in [9.17, 15) is 0 Å². The fraction of sp³-hybridized carbons (Fsp3) is 0.143. The van der Waals surface area contributed by atoms with Gasteiger partial charge in [-0.15, -0.1) is 0 Å². The molecule has 0 atom stereocenters. The van der Waals surface area contributed by atoms with Crippen molar-refractivity contribution in [3.05, 3.63) is 29.8 Å². The molecule has 1 aromatic rings. The Bertz CT molecular complexity index is 185. The van der Waals surface area contributed by atoms with E-state index in [1.165, 1.54) is 10.0 Å². The first-order valence-corrected chi connectivity index (χ1v) is 7.88. The van der Waals surface area contributed by atoms with Gasteiger partial charge in [0.2, 0.25) is 0 Å². The summed E-state index contributed by atoms with van der Waals surface area (Å²) in [5.41, 5.74) is 1.35. The van der Waals surface area contributed by atoms with E-state index < -0.39 is 0 Å². The molecule has 1 aromatic carbocycles. The van der Waals surface area contributed by atoms with Gasteiger partial charge in [0.15, 0.2) is 0 Å². The van der Waals surface area contributed by atoms with Crippen molar-refractivity contribution in [2.24, 2.45) is 0 Å². The molecular weight excluding hydrogens is 267 g/mol. The number of rotatable bonds is 1. The van der Waals surface area contributed by atoms with Crippen molar-refractivity contribution >= 4 is 35.9 Å². The summed E-state index contributed by atoms with van der Waals surface area (Å²) in [6, 6.07) is 8.76. The van der Waals surface area contributed by atoms with Crippen molar-refractivity contribution in [1.82, 2.24) is 0 Å². The van der Waals surface area contributed by atoms with Crippen molar-refractivity contribution in [2.45, 2.75) is 6.92 Å². The fourth-order valence-corrected chi connectivity index (χ4v) is 2.32. The maximum absolute atomic E-state index is 2.21. The predicted octanol–water partition coefficient (Wildman–Crippen LogP) is -2.59. The Morgan fingerprint density at radius 1 is 1.20 bits per heavy atom. The summed E-state index contributed by atoms with van der Waals surface area (Å²) in [5, 5.41) is 0. The first-order valence-electron chi connectivity index (χ1n) is 2.81. The summed E-state index contributed by atoms with van der Waals surface area (Å²) < 4.78 is 1.49. The number of hydrogen-bond donors (Lipinski definition) is 0. The molecule has 0 aliphatic heterocycles. The second kappa shape index (κ2) is 5.61. The Labute approximate surface area is 88.9 Å². The molecule has 50 valence electrons. The summed E-state index contributed by atoms with van der Waals surface area (Å²) in [6.07, 6.45) is 0. The average molecular weight is 274 g/mol. The van der Waals surface area contributed by atoms with E-state index in [-0.39, 0.29) is 17.0 Å². The predicted molar refractivity (Wildman–Crippen MR) is 42.3 cm³/mol. The van der Waals surface area contributed by atoms with Gasteiger partial charge in [-0.3, -0.25) is 0 Å². The minimum absolute atomic E-state index is 0. The molecule has 0 spiro atoms. The zero-order valence-electron chi connectivity index (χ0n) is 5.80. The first-order chi connectivity index (χ1) is 4.33. The molecule has 0 fully saturated rings. The van der Waals surface area contributed by atoms with Gasteiger partial charge in [0.25, 0.3) is 0 Å². The Hall–Kier alpha value is 0.986. The zero-order valence-corrected chi connectivity index (χ0v) is 10.5. The molecule has 0 heterocycles. The Morgan fingerprint density at radius 2 is 1.70 bits per heavy atom. The second-order valence-corrected chi connectivity index (χ2v) is 5.05. The average Bonchev–Trinajstić information content (AvgIpc) is 1.90. The van der Waals surface area contributed by atoms with Crippen molar-refractivity contribution in [2.75, 3.05) is 0 Å². The molecule has 10 heavy (non-hydrogen) atoms. The van der Waals surface area contributed by atoms with Crippen LogP contribution in [0.3, 0.4) is 0 Å². The summed E-state index contributed by atoms with van der Waals surface area (Å²) in [7, 11) is 0. The number of hydrogen-bond acceptors (Lipinski definition) is 0. The van der Waals surface area contributed by atoms with Crippen LogP contribution in [0.15, 0.2) is 24.3 Å². The Morgan fingerprint density at radius 3 is 2.10 bits per heavy atom. The summed E-state index contributed by atoms with van der Waals surface area (Å²) in [5.74, 6) is 0. The molecule has 0 bridgehead atoms. The van der Waals surface area contributed by atoms with Gasteiger partial charge in [0.05, 0.1) is 0 Å². The van der Waals surface area contributed by atoms with Crippen molar-refractivity contribution in [3.8, 4) is 0 Å². The number of benzene rings is 1. The van der Waals surface area contributed by atoms with E-state index in [2.05, 4.69) is 50.7 Å². The third-order valence-electron chi connectivity index (χ3n) is 1.19. The summed E-state index contributed by atoms with van der Waals surface area (Å²) in [4.78, 5) is 0. The molecule has 0 nitrogen and oxygen atoms in total. The summed E-state index contributed by atoms with van der Waals surface area (Å²) in [6.45, 7) is 2.12. The van der Waals surface area contributed by atoms with Crippen LogP contribution in [-0.2, 0) is 0 Å². The second-order valence-electron chi connectivity index (χ2n) is 1.96. The van der Waals surface area contributed by atoms with Gasteiger partial charge in [-0.25, -0.2) is 0 Å². The first kappa shape index (κ1) is 11.0.